The van der Waals surface area contributed by atoms with Crippen LogP contribution < -0.4 is 5.32 Å². The molecule has 0 saturated carbocycles. The minimum atomic E-state index is -0.274. The van der Waals surface area contributed by atoms with E-state index in [0.717, 1.165) is 13.1 Å². The van der Waals surface area contributed by atoms with E-state index in [1.165, 1.54) is 0 Å². The summed E-state index contributed by atoms with van der Waals surface area (Å²) in [7, 11) is 0. The average molecular weight is 226 g/mol. The van der Waals surface area contributed by atoms with Crippen LogP contribution in [0.4, 0.5) is 0 Å². The third-order valence-corrected chi connectivity index (χ3v) is 3.22. The first-order chi connectivity index (χ1) is 7.23. The van der Waals surface area contributed by atoms with Crippen LogP contribution in [0.3, 0.4) is 0 Å². The van der Waals surface area contributed by atoms with Crippen molar-refractivity contribution in [2.24, 2.45) is 11.3 Å². The fourth-order valence-electron chi connectivity index (χ4n) is 2.19. The van der Waals surface area contributed by atoms with Crippen molar-refractivity contribution in [1.29, 1.82) is 0 Å². The van der Waals surface area contributed by atoms with Gasteiger partial charge >= 0.3 is 0 Å². The Labute approximate surface area is 99.6 Å². The van der Waals surface area contributed by atoms with Gasteiger partial charge in [-0.05, 0) is 12.8 Å². The maximum absolute atomic E-state index is 12.4. The molecule has 1 aliphatic rings. The molecule has 3 heteroatoms. The minimum Gasteiger partial charge on any atom is -0.336 e. The Hall–Kier alpha value is -0.570. The standard InChI is InChI=1S/C13H26N2O/c1-9(2)11-7-14-10(3)8-15(11)12(16)13(4,5)6/h9-11,14H,7-8H2,1-6H3. The summed E-state index contributed by atoms with van der Waals surface area (Å²) >= 11 is 0. The van der Waals surface area contributed by atoms with Gasteiger partial charge < -0.3 is 10.2 Å². The summed E-state index contributed by atoms with van der Waals surface area (Å²) in [5.74, 6) is 0.783. The zero-order valence-electron chi connectivity index (χ0n) is 11.5. The third-order valence-electron chi connectivity index (χ3n) is 3.22. The first kappa shape index (κ1) is 13.5. The molecule has 1 amide bonds. The summed E-state index contributed by atoms with van der Waals surface area (Å²) in [6, 6.07) is 0.740. The molecule has 3 nitrogen and oxygen atoms in total. The van der Waals surface area contributed by atoms with E-state index in [-0.39, 0.29) is 11.3 Å². The Morgan fingerprint density at radius 3 is 2.38 bits per heavy atom. The minimum absolute atomic E-state index is 0.274. The van der Waals surface area contributed by atoms with E-state index >= 15 is 0 Å². The maximum atomic E-state index is 12.4. The lowest BCUT2D eigenvalue weighted by Gasteiger charge is -2.44. The summed E-state index contributed by atoms with van der Waals surface area (Å²) in [5, 5.41) is 3.46. The summed E-state index contributed by atoms with van der Waals surface area (Å²) in [6.07, 6.45) is 0. The van der Waals surface area contributed by atoms with Crippen LogP contribution in [-0.4, -0.2) is 36.0 Å². The van der Waals surface area contributed by atoms with Gasteiger partial charge in [0, 0.05) is 30.6 Å². The zero-order chi connectivity index (χ0) is 12.5. The van der Waals surface area contributed by atoms with Crippen molar-refractivity contribution < 1.29 is 4.79 Å². The molecule has 1 rings (SSSR count). The van der Waals surface area contributed by atoms with Crippen LogP contribution in [-0.2, 0) is 4.79 Å². The van der Waals surface area contributed by atoms with Crippen molar-refractivity contribution in [2.75, 3.05) is 13.1 Å². The molecule has 94 valence electrons. The van der Waals surface area contributed by atoms with E-state index < -0.39 is 0 Å². The van der Waals surface area contributed by atoms with Crippen molar-refractivity contribution in [2.45, 2.75) is 53.6 Å². The van der Waals surface area contributed by atoms with Crippen molar-refractivity contribution in [3.8, 4) is 0 Å². The second kappa shape index (κ2) is 4.74. The van der Waals surface area contributed by atoms with Gasteiger partial charge in [0.05, 0.1) is 0 Å². The van der Waals surface area contributed by atoms with E-state index in [9.17, 15) is 4.79 Å². The number of carbonyl (C=O) groups excluding carboxylic acids is 1. The summed E-state index contributed by atoms with van der Waals surface area (Å²) in [4.78, 5) is 14.5. The molecule has 1 aliphatic heterocycles. The Bertz CT molecular complexity index is 255. The van der Waals surface area contributed by atoms with Gasteiger partial charge in [0.15, 0.2) is 0 Å². The Morgan fingerprint density at radius 2 is 1.94 bits per heavy atom. The predicted octanol–water partition coefficient (Wildman–Crippen LogP) is 1.88. The molecule has 16 heavy (non-hydrogen) atoms. The number of hydrogen-bond acceptors (Lipinski definition) is 2. The fraction of sp³-hybridized carbons (Fsp3) is 0.923. The van der Waals surface area contributed by atoms with Crippen LogP contribution in [0, 0.1) is 11.3 Å². The van der Waals surface area contributed by atoms with Crippen LogP contribution >= 0.6 is 0 Å². The van der Waals surface area contributed by atoms with Crippen LogP contribution in [0.2, 0.25) is 0 Å². The van der Waals surface area contributed by atoms with Gasteiger partial charge in [0.1, 0.15) is 0 Å². The molecule has 0 bridgehead atoms. The summed E-state index contributed by atoms with van der Waals surface area (Å²) in [6.45, 7) is 14.3. The first-order valence-corrected chi connectivity index (χ1v) is 6.28. The molecule has 0 radical (unpaired) electrons. The molecule has 0 spiro atoms. The third kappa shape index (κ3) is 2.97. The number of hydrogen-bond donors (Lipinski definition) is 1. The van der Waals surface area contributed by atoms with Crippen molar-refractivity contribution >= 4 is 5.91 Å². The highest BCUT2D eigenvalue weighted by Crippen LogP contribution is 2.23. The summed E-state index contributed by atoms with van der Waals surface area (Å²) in [5.41, 5.74) is -0.274. The lowest BCUT2D eigenvalue weighted by atomic mass is 9.90. The second-order valence-corrected chi connectivity index (χ2v) is 6.33. The quantitative estimate of drug-likeness (QED) is 0.740. The molecule has 0 aromatic heterocycles. The molecule has 2 unspecified atom stereocenters. The van der Waals surface area contributed by atoms with E-state index in [1.807, 2.05) is 20.8 Å². The van der Waals surface area contributed by atoms with Crippen molar-refractivity contribution in [3.63, 3.8) is 0 Å². The molecule has 1 heterocycles. The van der Waals surface area contributed by atoms with Gasteiger partial charge in [-0.3, -0.25) is 4.79 Å². The van der Waals surface area contributed by atoms with Gasteiger partial charge in [-0.15, -0.1) is 0 Å². The van der Waals surface area contributed by atoms with E-state index in [4.69, 9.17) is 0 Å². The van der Waals surface area contributed by atoms with Gasteiger partial charge in [-0.25, -0.2) is 0 Å². The Kier molecular flexibility index (Phi) is 4.00. The molecular weight excluding hydrogens is 200 g/mol. The van der Waals surface area contributed by atoms with Gasteiger partial charge in [0.2, 0.25) is 5.91 Å². The monoisotopic (exact) mass is 226 g/mol. The second-order valence-electron chi connectivity index (χ2n) is 6.33. The van der Waals surface area contributed by atoms with E-state index in [2.05, 4.69) is 31.0 Å². The van der Waals surface area contributed by atoms with E-state index in [0.29, 0.717) is 18.0 Å². The number of nitrogens with zero attached hydrogens (tertiary/aromatic N) is 1. The van der Waals surface area contributed by atoms with Crippen LogP contribution in [0.5, 0.6) is 0 Å². The number of amides is 1. The highest BCUT2D eigenvalue weighted by Gasteiger charge is 2.36. The summed E-state index contributed by atoms with van der Waals surface area (Å²) < 4.78 is 0. The number of piperazine rings is 1. The van der Waals surface area contributed by atoms with E-state index in [1.54, 1.807) is 0 Å². The predicted molar refractivity (Wildman–Crippen MR) is 67.3 cm³/mol. The molecule has 0 aliphatic carbocycles. The Morgan fingerprint density at radius 1 is 1.38 bits per heavy atom. The van der Waals surface area contributed by atoms with Crippen LogP contribution in [0.15, 0.2) is 0 Å². The SMILES string of the molecule is CC1CN(C(=O)C(C)(C)C)C(C(C)C)CN1. The van der Waals surface area contributed by atoms with Crippen molar-refractivity contribution in [1.82, 2.24) is 10.2 Å². The fourth-order valence-corrected chi connectivity index (χ4v) is 2.19. The van der Waals surface area contributed by atoms with Crippen LogP contribution in [0.1, 0.15) is 41.5 Å². The molecule has 0 aromatic carbocycles. The lowest BCUT2D eigenvalue weighted by Crippen LogP contribution is -2.61. The molecule has 0 aromatic rings. The lowest BCUT2D eigenvalue weighted by molar-refractivity contribution is -0.144. The molecule has 1 fully saturated rings. The number of nitrogens with one attached hydrogen (secondary N) is 1. The Balaban J connectivity index is 2.83. The smallest absolute Gasteiger partial charge is 0.228 e. The molecular formula is C13H26N2O. The highest BCUT2D eigenvalue weighted by atomic mass is 16.2. The number of rotatable bonds is 1. The molecule has 1 N–H and O–H groups in total. The topological polar surface area (TPSA) is 32.3 Å². The normalized spacial score (nSPS) is 27.3. The van der Waals surface area contributed by atoms with Crippen LogP contribution in [0.25, 0.3) is 0 Å². The van der Waals surface area contributed by atoms with Gasteiger partial charge in [-0.1, -0.05) is 34.6 Å². The van der Waals surface area contributed by atoms with Crippen molar-refractivity contribution in [3.05, 3.63) is 0 Å². The molecule has 1 saturated heterocycles. The first-order valence-electron chi connectivity index (χ1n) is 6.28. The zero-order valence-corrected chi connectivity index (χ0v) is 11.5. The maximum Gasteiger partial charge on any atom is 0.228 e. The average Bonchev–Trinajstić information content (AvgIpc) is 2.14. The largest absolute Gasteiger partial charge is 0.336 e. The number of carbonyl (C=O) groups is 1. The highest BCUT2D eigenvalue weighted by molar-refractivity contribution is 5.82. The van der Waals surface area contributed by atoms with Gasteiger partial charge in [0.25, 0.3) is 0 Å². The van der Waals surface area contributed by atoms with Gasteiger partial charge in [-0.2, -0.15) is 0 Å². The molecule has 2 atom stereocenters.